The van der Waals surface area contributed by atoms with Gasteiger partial charge in [-0.3, -0.25) is 4.79 Å². The molecule has 0 atom stereocenters. The second kappa shape index (κ2) is 5.46. The lowest BCUT2D eigenvalue weighted by Gasteiger charge is -2.23. The molecule has 0 saturated heterocycles. The molecule has 1 rings (SSSR count). The Kier molecular flexibility index (Phi) is 4.75. The van der Waals surface area contributed by atoms with Crippen LogP contribution in [0.1, 0.15) is 24.2 Å². The van der Waals surface area contributed by atoms with Crippen LogP contribution >= 0.6 is 38.5 Å². The molecule has 0 bridgehead atoms. The number of carbonyl (C=O) groups excluding carboxylic acids is 1. The molecule has 0 aliphatic carbocycles. The summed E-state index contributed by atoms with van der Waals surface area (Å²) >= 11 is 5.44. The lowest BCUT2D eigenvalue weighted by atomic mass is 10.1. The molecule has 0 aliphatic rings. The van der Waals surface area contributed by atoms with E-state index in [-0.39, 0.29) is 12.5 Å². The largest absolute Gasteiger partial charge is 0.394 e. The molecule has 0 radical (unpaired) electrons. The first kappa shape index (κ1) is 13.9. The maximum Gasteiger partial charge on any atom is 0.252 e. The van der Waals surface area contributed by atoms with E-state index in [9.17, 15) is 4.79 Å². The Labute approximate surface area is 117 Å². The lowest BCUT2D eigenvalue weighted by Crippen LogP contribution is -2.46. The molecule has 88 valence electrons. The molecule has 16 heavy (non-hydrogen) atoms. The Morgan fingerprint density at radius 3 is 2.75 bits per heavy atom. The zero-order chi connectivity index (χ0) is 12.3. The lowest BCUT2D eigenvalue weighted by molar-refractivity contribution is 0.0868. The van der Waals surface area contributed by atoms with Gasteiger partial charge in [-0.2, -0.15) is 0 Å². The van der Waals surface area contributed by atoms with Crippen molar-refractivity contribution in [3.05, 3.63) is 31.8 Å². The summed E-state index contributed by atoms with van der Waals surface area (Å²) in [6.07, 6.45) is 0. The van der Waals surface area contributed by atoms with Gasteiger partial charge in [-0.25, -0.2) is 0 Å². The molecule has 2 N–H and O–H groups in total. The molecule has 1 aromatic carbocycles. The number of nitrogens with one attached hydrogen (secondary N) is 1. The van der Waals surface area contributed by atoms with E-state index in [1.165, 1.54) is 0 Å². The maximum atomic E-state index is 11.9. The van der Waals surface area contributed by atoms with Crippen LogP contribution in [0.3, 0.4) is 0 Å². The Hall–Kier alpha value is -0.140. The van der Waals surface area contributed by atoms with Gasteiger partial charge in [0.2, 0.25) is 0 Å². The fraction of sp³-hybridized carbons (Fsp3) is 0.364. The third kappa shape index (κ3) is 3.71. The topological polar surface area (TPSA) is 49.3 Å². The van der Waals surface area contributed by atoms with Gasteiger partial charge >= 0.3 is 0 Å². The van der Waals surface area contributed by atoms with E-state index < -0.39 is 5.54 Å². The van der Waals surface area contributed by atoms with Crippen LogP contribution in [0.15, 0.2) is 22.7 Å². The van der Waals surface area contributed by atoms with Gasteiger partial charge in [0, 0.05) is 8.04 Å². The van der Waals surface area contributed by atoms with E-state index in [4.69, 9.17) is 5.11 Å². The monoisotopic (exact) mass is 397 g/mol. The summed E-state index contributed by atoms with van der Waals surface area (Å²) in [5.74, 6) is -0.176. The highest BCUT2D eigenvalue weighted by Crippen LogP contribution is 2.19. The van der Waals surface area contributed by atoms with Gasteiger partial charge in [0.1, 0.15) is 0 Å². The first-order valence-electron chi connectivity index (χ1n) is 4.74. The molecule has 1 amide bonds. The van der Waals surface area contributed by atoms with Gasteiger partial charge in [0.15, 0.2) is 0 Å². The Morgan fingerprint density at radius 1 is 1.56 bits per heavy atom. The van der Waals surface area contributed by atoms with Gasteiger partial charge in [-0.05, 0) is 54.6 Å². The van der Waals surface area contributed by atoms with Crippen molar-refractivity contribution in [3.8, 4) is 0 Å². The van der Waals surface area contributed by atoms with Crippen LogP contribution in [0.5, 0.6) is 0 Å². The van der Waals surface area contributed by atoms with Crippen molar-refractivity contribution in [2.75, 3.05) is 6.61 Å². The quantitative estimate of drug-likeness (QED) is 0.770. The van der Waals surface area contributed by atoms with E-state index in [1.807, 2.05) is 12.1 Å². The van der Waals surface area contributed by atoms with Gasteiger partial charge in [0.25, 0.3) is 5.91 Å². The number of hydrogen-bond donors (Lipinski definition) is 2. The van der Waals surface area contributed by atoms with Crippen LogP contribution in [0.2, 0.25) is 0 Å². The predicted molar refractivity (Wildman–Crippen MR) is 75.5 cm³/mol. The number of hydrogen-bond acceptors (Lipinski definition) is 2. The first-order valence-corrected chi connectivity index (χ1v) is 6.61. The second-order valence-corrected chi connectivity index (χ2v) is 6.20. The molecule has 5 heteroatoms. The van der Waals surface area contributed by atoms with Crippen LogP contribution in [-0.2, 0) is 0 Å². The van der Waals surface area contributed by atoms with Gasteiger partial charge < -0.3 is 10.4 Å². The summed E-state index contributed by atoms with van der Waals surface area (Å²) in [4.78, 5) is 11.9. The molecule has 0 spiro atoms. The van der Waals surface area contributed by atoms with Crippen molar-refractivity contribution in [2.45, 2.75) is 19.4 Å². The van der Waals surface area contributed by atoms with Crippen molar-refractivity contribution in [3.63, 3.8) is 0 Å². The second-order valence-electron chi connectivity index (χ2n) is 4.12. The minimum Gasteiger partial charge on any atom is -0.394 e. The molecule has 0 saturated carbocycles. The minimum absolute atomic E-state index is 0.0939. The third-order valence-corrected chi connectivity index (χ3v) is 3.45. The number of carbonyl (C=O) groups is 1. The number of rotatable bonds is 3. The summed E-state index contributed by atoms with van der Waals surface area (Å²) in [5.41, 5.74) is -0.000779. The molecule has 0 fully saturated rings. The average Bonchev–Trinajstić information content (AvgIpc) is 2.21. The molecule has 3 nitrogen and oxygen atoms in total. The summed E-state index contributed by atoms with van der Waals surface area (Å²) in [5, 5.41) is 11.9. The van der Waals surface area contributed by atoms with E-state index in [2.05, 4.69) is 43.8 Å². The number of halogens is 2. The molecule has 0 unspecified atom stereocenters. The normalized spacial score (nSPS) is 11.3. The van der Waals surface area contributed by atoms with Crippen LogP contribution < -0.4 is 5.32 Å². The highest BCUT2D eigenvalue weighted by molar-refractivity contribution is 14.1. The highest BCUT2D eigenvalue weighted by atomic mass is 127. The number of benzene rings is 1. The minimum atomic E-state index is -0.609. The molecular formula is C11H13BrINO2. The van der Waals surface area contributed by atoms with Crippen LogP contribution in [-0.4, -0.2) is 23.2 Å². The van der Waals surface area contributed by atoms with E-state index in [0.29, 0.717) is 5.56 Å². The summed E-state index contributed by atoms with van der Waals surface area (Å²) in [6.45, 7) is 3.45. The Bertz CT molecular complexity index is 407. The van der Waals surface area contributed by atoms with E-state index in [0.717, 1.165) is 8.04 Å². The molecule has 1 aromatic rings. The van der Waals surface area contributed by atoms with Crippen LogP contribution in [0, 0.1) is 3.57 Å². The molecular weight excluding hydrogens is 385 g/mol. The zero-order valence-corrected chi connectivity index (χ0v) is 12.8. The predicted octanol–water partition coefficient (Wildman–Crippen LogP) is 2.55. The van der Waals surface area contributed by atoms with E-state index in [1.54, 1.807) is 19.9 Å². The van der Waals surface area contributed by atoms with Gasteiger partial charge in [-0.15, -0.1) is 0 Å². The van der Waals surface area contributed by atoms with Crippen molar-refractivity contribution in [1.82, 2.24) is 5.32 Å². The number of aliphatic hydroxyl groups is 1. The Morgan fingerprint density at radius 2 is 2.19 bits per heavy atom. The van der Waals surface area contributed by atoms with Crippen LogP contribution in [0.25, 0.3) is 0 Å². The highest BCUT2D eigenvalue weighted by Gasteiger charge is 2.21. The summed E-state index contributed by atoms with van der Waals surface area (Å²) < 4.78 is 1.74. The van der Waals surface area contributed by atoms with E-state index >= 15 is 0 Å². The molecule has 0 aliphatic heterocycles. The van der Waals surface area contributed by atoms with Gasteiger partial charge in [-0.1, -0.05) is 15.9 Å². The van der Waals surface area contributed by atoms with Crippen molar-refractivity contribution >= 4 is 44.4 Å². The van der Waals surface area contributed by atoms with Crippen LogP contribution in [0.4, 0.5) is 0 Å². The third-order valence-electron chi connectivity index (χ3n) is 2.02. The summed E-state index contributed by atoms with van der Waals surface area (Å²) in [7, 11) is 0. The standard InChI is InChI=1S/C11H13BrINO2/c1-11(2,6-15)14-10(16)8-5-7(12)3-4-9(8)13/h3-5,15H,6H2,1-2H3,(H,14,16). The molecule has 0 heterocycles. The maximum absolute atomic E-state index is 11.9. The van der Waals surface area contributed by atoms with Crippen molar-refractivity contribution in [1.29, 1.82) is 0 Å². The fourth-order valence-electron chi connectivity index (χ4n) is 1.09. The first-order chi connectivity index (χ1) is 7.35. The average molecular weight is 398 g/mol. The number of amides is 1. The summed E-state index contributed by atoms with van der Waals surface area (Å²) in [6, 6.07) is 5.52. The Balaban J connectivity index is 2.93. The van der Waals surface area contributed by atoms with Crippen molar-refractivity contribution in [2.24, 2.45) is 0 Å². The number of aliphatic hydroxyl groups excluding tert-OH is 1. The van der Waals surface area contributed by atoms with Gasteiger partial charge in [0.05, 0.1) is 17.7 Å². The van der Waals surface area contributed by atoms with Crippen molar-refractivity contribution < 1.29 is 9.90 Å². The smallest absolute Gasteiger partial charge is 0.252 e. The fourth-order valence-corrected chi connectivity index (χ4v) is 2.03. The molecule has 0 aromatic heterocycles. The zero-order valence-electron chi connectivity index (χ0n) is 9.05. The SMILES string of the molecule is CC(C)(CO)NC(=O)c1cc(Br)ccc1I.